The summed E-state index contributed by atoms with van der Waals surface area (Å²) in [5.41, 5.74) is 4.93. The van der Waals surface area contributed by atoms with E-state index < -0.39 is 0 Å². The predicted octanol–water partition coefficient (Wildman–Crippen LogP) is 3.28. The molecule has 1 aromatic rings. The lowest BCUT2D eigenvalue weighted by atomic mass is 9.97. The summed E-state index contributed by atoms with van der Waals surface area (Å²) in [5, 5.41) is 0. The van der Waals surface area contributed by atoms with Crippen LogP contribution in [-0.2, 0) is 4.74 Å². The van der Waals surface area contributed by atoms with Crippen LogP contribution in [0.25, 0.3) is 0 Å². The number of hydrogen-bond donors (Lipinski definition) is 2. The average Bonchev–Trinajstić information content (AvgIpc) is 2.39. The molecule has 17 heavy (non-hydrogen) atoms. The van der Waals surface area contributed by atoms with Gasteiger partial charge in [-0.1, -0.05) is 32.4 Å². The Morgan fingerprint density at radius 2 is 2.18 bits per heavy atom. The van der Waals surface area contributed by atoms with Crippen LogP contribution >= 0.6 is 0 Å². The summed E-state index contributed by atoms with van der Waals surface area (Å²) < 4.78 is 5.70. The number of nitrogen functional groups attached to an aromatic ring is 1. The van der Waals surface area contributed by atoms with Gasteiger partial charge >= 0.3 is 0 Å². The van der Waals surface area contributed by atoms with Crippen LogP contribution in [0, 0.1) is 0 Å². The molecule has 0 amide bonds. The van der Waals surface area contributed by atoms with Crippen molar-refractivity contribution < 1.29 is 4.74 Å². The summed E-state index contributed by atoms with van der Waals surface area (Å²) in [6.45, 7) is 6.03. The molecule has 1 unspecified atom stereocenters. The fourth-order valence-corrected chi connectivity index (χ4v) is 1.80. The van der Waals surface area contributed by atoms with Gasteiger partial charge in [0.2, 0.25) is 0 Å². The summed E-state index contributed by atoms with van der Waals surface area (Å²) in [6.07, 6.45) is 3.41. The average molecular weight is 236 g/mol. The highest BCUT2D eigenvalue weighted by molar-refractivity contribution is 5.45. The summed E-state index contributed by atoms with van der Waals surface area (Å²) >= 11 is 0. The van der Waals surface area contributed by atoms with Gasteiger partial charge in [0, 0.05) is 18.2 Å². The lowest BCUT2D eigenvalue weighted by Gasteiger charge is -2.16. The van der Waals surface area contributed by atoms with Crippen LogP contribution in [0.5, 0.6) is 0 Å². The number of nitrogens with one attached hydrogen (secondary N) is 1. The van der Waals surface area contributed by atoms with E-state index >= 15 is 0 Å². The van der Waals surface area contributed by atoms with Gasteiger partial charge < -0.3 is 10.2 Å². The van der Waals surface area contributed by atoms with Crippen LogP contribution in [0.4, 0.5) is 5.69 Å². The zero-order valence-corrected chi connectivity index (χ0v) is 10.9. The maximum Gasteiger partial charge on any atom is 0.0534 e. The normalized spacial score (nSPS) is 12.4. The monoisotopic (exact) mass is 236 g/mol. The Kier molecular flexibility index (Phi) is 6.67. The molecule has 0 saturated heterocycles. The first-order valence-electron chi connectivity index (χ1n) is 6.46. The van der Waals surface area contributed by atoms with Gasteiger partial charge in [-0.25, -0.2) is 0 Å². The zero-order chi connectivity index (χ0) is 12.5. The number of rotatable bonds is 8. The van der Waals surface area contributed by atoms with Gasteiger partial charge in [0.05, 0.1) is 6.61 Å². The van der Waals surface area contributed by atoms with E-state index in [-0.39, 0.29) is 0 Å². The molecule has 0 aromatic heterocycles. The fourth-order valence-electron chi connectivity index (χ4n) is 1.80. The van der Waals surface area contributed by atoms with Gasteiger partial charge in [0.25, 0.3) is 0 Å². The number of nitrogens with two attached hydrogens (primary N) is 1. The smallest absolute Gasteiger partial charge is 0.0534 e. The maximum absolute atomic E-state index is 5.70. The van der Waals surface area contributed by atoms with E-state index in [4.69, 9.17) is 10.6 Å². The van der Waals surface area contributed by atoms with Crippen molar-refractivity contribution in [2.45, 2.75) is 39.0 Å². The first-order valence-corrected chi connectivity index (χ1v) is 6.46. The SMILES string of the molecule is CCCCOCC(CC)c1cccc(NN)c1. The standard InChI is InChI=1S/C14H24N2O/c1-3-5-9-17-11-12(4-2)13-7-6-8-14(10-13)16-15/h6-8,10,12,16H,3-5,9,11,15H2,1-2H3. The largest absolute Gasteiger partial charge is 0.381 e. The number of benzene rings is 1. The molecule has 0 bridgehead atoms. The van der Waals surface area contributed by atoms with E-state index in [1.165, 1.54) is 12.0 Å². The molecule has 0 radical (unpaired) electrons. The zero-order valence-electron chi connectivity index (χ0n) is 10.9. The maximum atomic E-state index is 5.70. The van der Waals surface area contributed by atoms with Crippen molar-refractivity contribution in [3.8, 4) is 0 Å². The van der Waals surface area contributed by atoms with Crippen molar-refractivity contribution in [3.63, 3.8) is 0 Å². The molecule has 0 heterocycles. The van der Waals surface area contributed by atoms with Crippen LogP contribution in [-0.4, -0.2) is 13.2 Å². The van der Waals surface area contributed by atoms with Gasteiger partial charge in [-0.05, 0) is 30.5 Å². The minimum Gasteiger partial charge on any atom is -0.381 e. The number of unbranched alkanes of at least 4 members (excludes halogenated alkanes) is 1. The van der Waals surface area contributed by atoms with Gasteiger partial charge in [-0.3, -0.25) is 5.84 Å². The van der Waals surface area contributed by atoms with E-state index in [1.54, 1.807) is 0 Å². The van der Waals surface area contributed by atoms with E-state index in [2.05, 4.69) is 31.4 Å². The molecule has 1 aromatic carbocycles. The second-order valence-corrected chi connectivity index (χ2v) is 4.30. The summed E-state index contributed by atoms with van der Waals surface area (Å²) in [4.78, 5) is 0. The summed E-state index contributed by atoms with van der Waals surface area (Å²) in [6, 6.07) is 8.23. The molecular weight excluding hydrogens is 212 g/mol. The number of hydrazine groups is 1. The molecule has 0 fully saturated rings. The third-order valence-electron chi connectivity index (χ3n) is 2.98. The molecule has 0 saturated carbocycles. The van der Waals surface area contributed by atoms with E-state index in [9.17, 15) is 0 Å². The molecule has 0 spiro atoms. The number of ether oxygens (including phenoxy) is 1. The third kappa shape index (κ3) is 4.75. The molecule has 0 aliphatic carbocycles. The Morgan fingerprint density at radius 1 is 1.35 bits per heavy atom. The Bertz CT molecular complexity index is 315. The Labute approximate surface area is 104 Å². The quantitative estimate of drug-likeness (QED) is 0.413. The van der Waals surface area contributed by atoms with E-state index in [1.807, 2.05) is 12.1 Å². The molecule has 0 aliphatic heterocycles. The lowest BCUT2D eigenvalue weighted by molar-refractivity contribution is 0.116. The van der Waals surface area contributed by atoms with Crippen LogP contribution in [0.1, 0.15) is 44.6 Å². The highest BCUT2D eigenvalue weighted by Gasteiger charge is 2.09. The number of anilines is 1. The second kappa shape index (κ2) is 8.09. The van der Waals surface area contributed by atoms with Crippen molar-refractivity contribution in [1.82, 2.24) is 0 Å². The number of hydrogen-bond acceptors (Lipinski definition) is 3. The Morgan fingerprint density at radius 3 is 2.82 bits per heavy atom. The molecule has 3 nitrogen and oxygen atoms in total. The first-order chi connectivity index (χ1) is 8.31. The van der Waals surface area contributed by atoms with Crippen molar-refractivity contribution >= 4 is 5.69 Å². The van der Waals surface area contributed by atoms with Crippen molar-refractivity contribution in [2.75, 3.05) is 18.6 Å². The molecule has 1 rings (SSSR count). The molecule has 3 N–H and O–H groups in total. The molecule has 1 atom stereocenters. The van der Waals surface area contributed by atoms with Gasteiger partial charge in [-0.15, -0.1) is 0 Å². The first kappa shape index (κ1) is 14.0. The van der Waals surface area contributed by atoms with Crippen molar-refractivity contribution in [3.05, 3.63) is 29.8 Å². The lowest BCUT2D eigenvalue weighted by Crippen LogP contribution is -2.10. The van der Waals surface area contributed by atoms with Crippen LogP contribution in [0.3, 0.4) is 0 Å². The minimum atomic E-state index is 0.458. The topological polar surface area (TPSA) is 47.3 Å². The third-order valence-corrected chi connectivity index (χ3v) is 2.98. The van der Waals surface area contributed by atoms with Crippen molar-refractivity contribution in [2.24, 2.45) is 5.84 Å². The van der Waals surface area contributed by atoms with E-state index in [0.29, 0.717) is 5.92 Å². The minimum absolute atomic E-state index is 0.458. The van der Waals surface area contributed by atoms with E-state index in [0.717, 1.165) is 31.7 Å². The fraction of sp³-hybridized carbons (Fsp3) is 0.571. The molecular formula is C14H24N2O. The van der Waals surface area contributed by atoms with Crippen LogP contribution in [0.2, 0.25) is 0 Å². The highest BCUT2D eigenvalue weighted by atomic mass is 16.5. The summed E-state index contributed by atoms with van der Waals surface area (Å²) in [7, 11) is 0. The van der Waals surface area contributed by atoms with Gasteiger partial charge in [-0.2, -0.15) is 0 Å². The van der Waals surface area contributed by atoms with Crippen molar-refractivity contribution in [1.29, 1.82) is 0 Å². The van der Waals surface area contributed by atoms with Gasteiger partial charge in [0.1, 0.15) is 0 Å². The Balaban J connectivity index is 2.53. The second-order valence-electron chi connectivity index (χ2n) is 4.30. The molecule has 96 valence electrons. The molecule has 0 aliphatic rings. The van der Waals surface area contributed by atoms with Crippen LogP contribution < -0.4 is 11.3 Å². The van der Waals surface area contributed by atoms with Gasteiger partial charge in [0.15, 0.2) is 0 Å². The molecule has 3 heteroatoms. The summed E-state index contributed by atoms with van der Waals surface area (Å²) in [5.74, 6) is 5.88. The van der Waals surface area contributed by atoms with Crippen LogP contribution in [0.15, 0.2) is 24.3 Å². The highest BCUT2D eigenvalue weighted by Crippen LogP contribution is 2.22. The predicted molar refractivity (Wildman–Crippen MR) is 73.0 cm³/mol. The Hall–Kier alpha value is -1.06.